The van der Waals surface area contributed by atoms with Crippen molar-refractivity contribution in [3.8, 4) is 5.75 Å². The molecule has 4 aromatic rings. The molecule has 0 aliphatic carbocycles. The van der Waals surface area contributed by atoms with Gasteiger partial charge in [-0.25, -0.2) is 4.98 Å². The number of ether oxygens (including phenoxy) is 1. The molecule has 2 N–H and O–H groups in total. The Balaban J connectivity index is 1.18. The number of aryl methyl sites for hydroxylation is 1. The van der Waals surface area contributed by atoms with E-state index < -0.39 is 0 Å². The summed E-state index contributed by atoms with van der Waals surface area (Å²) in [6, 6.07) is 21.7. The molecule has 0 aliphatic rings. The number of aromatic nitrogens is 2. The van der Waals surface area contributed by atoms with Crippen molar-refractivity contribution >= 4 is 34.2 Å². The summed E-state index contributed by atoms with van der Waals surface area (Å²) in [5, 5.41) is 4.72. The second-order valence-corrected chi connectivity index (χ2v) is 7.99. The highest BCUT2D eigenvalue weighted by Gasteiger charge is 2.04. The number of halogens is 2. The fourth-order valence-corrected chi connectivity index (χ4v) is 3.70. The number of hydrogen-bond donors (Lipinski definition) is 2. The number of nitrogens with one attached hydrogen (secondary N) is 2. The summed E-state index contributed by atoms with van der Waals surface area (Å²) in [6.07, 6.45) is 1.96. The Morgan fingerprint density at radius 3 is 2.60 bits per heavy atom. The first kappa shape index (κ1) is 20.7. The molecule has 0 amide bonds. The van der Waals surface area contributed by atoms with Gasteiger partial charge in [0.05, 0.1) is 11.0 Å². The standard InChI is InChI=1S/C24H23Cl2N3O/c25-19-10-9-18(21(26)14-19)16-30-20-11-7-17(8-12-20)15-27-13-3-6-24-28-22-4-1-2-5-23(22)29-24/h1-2,4-5,7-12,14,27H,3,6,13,15-16H2,(H,28,29). The number of imidazole rings is 1. The summed E-state index contributed by atoms with van der Waals surface area (Å²) < 4.78 is 5.83. The van der Waals surface area contributed by atoms with Crippen molar-refractivity contribution in [3.05, 3.63) is 93.7 Å². The largest absolute Gasteiger partial charge is 0.489 e. The molecule has 0 spiro atoms. The van der Waals surface area contributed by atoms with Gasteiger partial charge in [-0.2, -0.15) is 0 Å². The first-order valence-corrected chi connectivity index (χ1v) is 10.7. The second kappa shape index (κ2) is 9.98. The monoisotopic (exact) mass is 439 g/mol. The quantitative estimate of drug-likeness (QED) is 0.306. The van der Waals surface area contributed by atoms with E-state index in [0.717, 1.165) is 54.1 Å². The summed E-state index contributed by atoms with van der Waals surface area (Å²) in [5.74, 6) is 1.86. The van der Waals surface area contributed by atoms with Gasteiger partial charge < -0.3 is 15.0 Å². The molecule has 1 heterocycles. The average molecular weight is 440 g/mol. The summed E-state index contributed by atoms with van der Waals surface area (Å²) in [5.41, 5.74) is 4.26. The molecule has 4 rings (SSSR count). The Hall–Kier alpha value is -2.53. The van der Waals surface area contributed by atoms with Crippen LogP contribution >= 0.6 is 23.2 Å². The second-order valence-electron chi connectivity index (χ2n) is 7.15. The average Bonchev–Trinajstić information content (AvgIpc) is 3.17. The number of para-hydroxylation sites is 2. The zero-order valence-corrected chi connectivity index (χ0v) is 18.0. The summed E-state index contributed by atoms with van der Waals surface area (Å²) >= 11 is 12.1. The fourth-order valence-electron chi connectivity index (χ4n) is 3.24. The number of rotatable bonds is 9. The Bertz CT molecular complexity index is 1080. The molecule has 0 radical (unpaired) electrons. The first-order chi connectivity index (χ1) is 14.7. The predicted octanol–water partition coefficient (Wildman–Crippen LogP) is 6.17. The van der Waals surface area contributed by atoms with E-state index >= 15 is 0 Å². The van der Waals surface area contributed by atoms with Gasteiger partial charge in [-0.1, -0.05) is 53.5 Å². The van der Waals surface area contributed by atoms with Crippen LogP contribution in [0.4, 0.5) is 0 Å². The molecular formula is C24H23Cl2N3O. The fraction of sp³-hybridized carbons (Fsp3) is 0.208. The van der Waals surface area contributed by atoms with Crippen LogP contribution in [-0.4, -0.2) is 16.5 Å². The smallest absolute Gasteiger partial charge is 0.119 e. The molecule has 0 saturated heterocycles. The van der Waals surface area contributed by atoms with Crippen LogP contribution in [0, 0.1) is 0 Å². The van der Waals surface area contributed by atoms with Crippen molar-refractivity contribution < 1.29 is 4.74 Å². The number of benzene rings is 3. The van der Waals surface area contributed by atoms with Crippen molar-refractivity contribution in [3.63, 3.8) is 0 Å². The number of hydrogen-bond acceptors (Lipinski definition) is 3. The molecular weight excluding hydrogens is 417 g/mol. The molecule has 30 heavy (non-hydrogen) atoms. The van der Waals surface area contributed by atoms with Gasteiger partial charge in [0.15, 0.2) is 0 Å². The minimum Gasteiger partial charge on any atom is -0.489 e. The molecule has 0 fully saturated rings. The van der Waals surface area contributed by atoms with Crippen molar-refractivity contribution in [1.29, 1.82) is 0 Å². The van der Waals surface area contributed by atoms with Crippen LogP contribution in [0.5, 0.6) is 5.75 Å². The number of H-pyrrole nitrogens is 1. The molecule has 0 aliphatic heterocycles. The third-order valence-electron chi connectivity index (χ3n) is 4.87. The minimum absolute atomic E-state index is 0.412. The lowest BCUT2D eigenvalue weighted by Crippen LogP contribution is -2.15. The van der Waals surface area contributed by atoms with Gasteiger partial charge in [0.25, 0.3) is 0 Å². The van der Waals surface area contributed by atoms with Crippen LogP contribution in [0.2, 0.25) is 10.0 Å². The zero-order valence-electron chi connectivity index (χ0n) is 16.5. The first-order valence-electron chi connectivity index (χ1n) is 9.97. The van der Waals surface area contributed by atoms with Crippen molar-refractivity contribution in [1.82, 2.24) is 15.3 Å². The van der Waals surface area contributed by atoms with Crippen LogP contribution in [0.3, 0.4) is 0 Å². The van der Waals surface area contributed by atoms with Gasteiger partial charge in [-0.05, 0) is 54.9 Å². The summed E-state index contributed by atoms with van der Waals surface area (Å²) in [7, 11) is 0. The number of aromatic amines is 1. The topological polar surface area (TPSA) is 49.9 Å². The third-order valence-corrected chi connectivity index (χ3v) is 5.45. The van der Waals surface area contributed by atoms with E-state index in [1.165, 1.54) is 5.56 Å². The highest BCUT2D eigenvalue weighted by Crippen LogP contribution is 2.23. The lowest BCUT2D eigenvalue weighted by molar-refractivity contribution is 0.306. The van der Waals surface area contributed by atoms with Gasteiger partial charge >= 0.3 is 0 Å². The molecule has 6 heteroatoms. The Kier molecular flexibility index (Phi) is 6.90. The van der Waals surface area contributed by atoms with Gasteiger partial charge in [0, 0.05) is 28.6 Å². The molecule has 1 aromatic heterocycles. The van der Waals surface area contributed by atoms with E-state index in [1.54, 1.807) is 6.07 Å². The maximum Gasteiger partial charge on any atom is 0.119 e. The molecule has 0 atom stereocenters. The lowest BCUT2D eigenvalue weighted by Gasteiger charge is -2.09. The van der Waals surface area contributed by atoms with E-state index in [4.69, 9.17) is 27.9 Å². The van der Waals surface area contributed by atoms with Crippen LogP contribution < -0.4 is 10.1 Å². The van der Waals surface area contributed by atoms with Gasteiger partial charge in [-0.3, -0.25) is 0 Å². The van der Waals surface area contributed by atoms with E-state index in [9.17, 15) is 0 Å². The maximum absolute atomic E-state index is 6.18. The number of nitrogens with zero attached hydrogens (tertiary/aromatic N) is 1. The molecule has 3 aromatic carbocycles. The van der Waals surface area contributed by atoms with Gasteiger partial charge in [-0.15, -0.1) is 0 Å². The van der Waals surface area contributed by atoms with Crippen LogP contribution in [0.25, 0.3) is 11.0 Å². The lowest BCUT2D eigenvalue weighted by atomic mass is 10.2. The normalized spacial score (nSPS) is 11.1. The number of fused-ring (bicyclic) bond motifs is 1. The highest BCUT2D eigenvalue weighted by molar-refractivity contribution is 6.35. The Labute approximate surface area is 186 Å². The van der Waals surface area contributed by atoms with Crippen molar-refractivity contribution in [2.45, 2.75) is 26.0 Å². The molecule has 4 nitrogen and oxygen atoms in total. The van der Waals surface area contributed by atoms with Crippen molar-refractivity contribution in [2.75, 3.05) is 6.54 Å². The molecule has 0 bridgehead atoms. The maximum atomic E-state index is 6.18. The van der Waals surface area contributed by atoms with E-state index in [0.29, 0.717) is 16.7 Å². The Morgan fingerprint density at radius 2 is 1.80 bits per heavy atom. The minimum atomic E-state index is 0.412. The summed E-state index contributed by atoms with van der Waals surface area (Å²) in [6.45, 7) is 2.17. The van der Waals surface area contributed by atoms with Gasteiger partial charge in [0.2, 0.25) is 0 Å². The van der Waals surface area contributed by atoms with Crippen LogP contribution in [0.1, 0.15) is 23.4 Å². The molecule has 0 saturated carbocycles. The van der Waals surface area contributed by atoms with E-state index in [-0.39, 0.29) is 0 Å². The van der Waals surface area contributed by atoms with Crippen molar-refractivity contribution in [2.24, 2.45) is 0 Å². The highest BCUT2D eigenvalue weighted by atomic mass is 35.5. The van der Waals surface area contributed by atoms with Gasteiger partial charge in [0.1, 0.15) is 18.2 Å². The molecule has 154 valence electrons. The predicted molar refractivity (Wildman–Crippen MR) is 123 cm³/mol. The SMILES string of the molecule is Clc1ccc(COc2ccc(CNCCCc3nc4ccccc4[nH]3)cc2)c(Cl)c1. The molecule has 0 unspecified atom stereocenters. The van der Waals surface area contributed by atoms with E-state index in [2.05, 4.69) is 33.5 Å². The summed E-state index contributed by atoms with van der Waals surface area (Å²) in [4.78, 5) is 7.99. The third kappa shape index (κ3) is 5.54. The van der Waals surface area contributed by atoms with Crippen LogP contribution in [-0.2, 0) is 19.6 Å². The Morgan fingerprint density at radius 1 is 0.967 bits per heavy atom. The van der Waals surface area contributed by atoms with E-state index in [1.807, 2.05) is 42.5 Å². The zero-order chi connectivity index (χ0) is 20.8. The van der Waals surface area contributed by atoms with Crippen LogP contribution in [0.15, 0.2) is 66.7 Å².